The molecule has 0 aliphatic carbocycles. The maximum atomic E-state index is 15.6. The summed E-state index contributed by atoms with van der Waals surface area (Å²) in [6.07, 6.45) is -3.89. The molecule has 12 heteroatoms. The highest BCUT2D eigenvalue weighted by molar-refractivity contribution is 5.68. The lowest BCUT2D eigenvalue weighted by atomic mass is 9.92. The zero-order chi connectivity index (χ0) is 32.9. The number of aliphatic carboxylic acids is 1. The van der Waals surface area contributed by atoms with Crippen LogP contribution in [-0.4, -0.2) is 27.3 Å². The van der Waals surface area contributed by atoms with E-state index < -0.39 is 58.6 Å². The van der Waals surface area contributed by atoms with E-state index in [4.69, 9.17) is 9.84 Å². The molecule has 0 saturated carbocycles. The van der Waals surface area contributed by atoms with Crippen LogP contribution in [0.3, 0.4) is 0 Å². The monoisotopic (exact) mass is 630 g/mol. The van der Waals surface area contributed by atoms with Crippen LogP contribution in [0.2, 0.25) is 0 Å². The predicted molar refractivity (Wildman–Crippen MR) is 157 cm³/mol. The molecule has 0 saturated heterocycles. The number of ether oxygens (including phenoxy) is 1. The first-order chi connectivity index (χ1) is 21.3. The number of benzene rings is 3. The molecule has 4 rings (SSSR count). The number of methoxy groups -OCH3 is 1. The number of unbranched alkanes of at least 4 members (excludes halogenated alkanes) is 1. The van der Waals surface area contributed by atoms with Crippen molar-refractivity contribution in [3.63, 3.8) is 0 Å². The molecule has 0 amide bonds. The third kappa shape index (κ3) is 7.33. The van der Waals surface area contributed by atoms with E-state index in [2.05, 4.69) is 0 Å². The third-order valence-electron chi connectivity index (χ3n) is 7.75. The molecular formula is C33H31F5N2O5. The van der Waals surface area contributed by atoms with E-state index in [1.54, 1.807) is 30.3 Å². The molecule has 4 aromatic rings. The fourth-order valence-electron chi connectivity index (χ4n) is 5.44. The molecule has 3 aromatic carbocycles. The summed E-state index contributed by atoms with van der Waals surface area (Å²) in [6.45, 7) is 0.146. The Labute approximate surface area is 255 Å². The molecule has 0 unspecified atom stereocenters. The Balaban J connectivity index is 1.95. The van der Waals surface area contributed by atoms with Crippen LogP contribution in [0.4, 0.5) is 22.0 Å². The average Bonchev–Trinajstić information content (AvgIpc) is 2.99. The SMILES string of the molecule is COc1cccc(-c2c(C)n(Cc3c(F)cccc3C(F)(F)F)c(=O)n(C[C@H](CCCCC(=O)O)c3ccccc3)c2=O)c1F. The van der Waals surface area contributed by atoms with Crippen LogP contribution in [0, 0.1) is 18.6 Å². The summed E-state index contributed by atoms with van der Waals surface area (Å²) < 4.78 is 79.0. The van der Waals surface area contributed by atoms with Gasteiger partial charge in [-0.05, 0) is 43.5 Å². The summed E-state index contributed by atoms with van der Waals surface area (Å²) in [4.78, 5) is 39.1. The van der Waals surface area contributed by atoms with Gasteiger partial charge in [-0.3, -0.25) is 18.7 Å². The fraction of sp³-hybridized carbons (Fsp3) is 0.303. The van der Waals surface area contributed by atoms with Gasteiger partial charge < -0.3 is 9.84 Å². The Bertz CT molecular complexity index is 1800. The van der Waals surface area contributed by atoms with Gasteiger partial charge in [-0.2, -0.15) is 13.2 Å². The predicted octanol–water partition coefficient (Wildman–Crippen LogP) is 6.77. The largest absolute Gasteiger partial charge is 0.494 e. The summed E-state index contributed by atoms with van der Waals surface area (Å²) in [6, 6.07) is 15.3. The second-order valence-corrected chi connectivity index (χ2v) is 10.6. The molecule has 1 atom stereocenters. The van der Waals surface area contributed by atoms with Gasteiger partial charge in [0.2, 0.25) is 0 Å². The second-order valence-electron chi connectivity index (χ2n) is 10.6. The molecule has 0 bridgehead atoms. The molecule has 1 aromatic heterocycles. The molecule has 0 aliphatic heterocycles. The maximum Gasteiger partial charge on any atom is 0.416 e. The molecule has 1 heterocycles. The second kappa shape index (κ2) is 13.9. The van der Waals surface area contributed by atoms with E-state index in [0.717, 1.165) is 26.8 Å². The van der Waals surface area contributed by atoms with Gasteiger partial charge in [0.25, 0.3) is 5.56 Å². The number of rotatable bonds is 12. The van der Waals surface area contributed by atoms with Crippen molar-refractivity contribution >= 4 is 5.97 Å². The smallest absolute Gasteiger partial charge is 0.416 e. The topological polar surface area (TPSA) is 90.5 Å². The lowest BCUT2D eigenvalue weighted by Gasteiger charge is -2.23. The van der Waals surface area contributed by atoms with Crippen LogP contribution in [0.1, 0.15) is 54.0 Å². The van der Waals surface area contributed by atoms with E-state index in [9.17, 15) is 31.9 Å². The molecule has 45 heavy (non-hydrogen) atoms. The van der Waals surface area contributed by atoms with E-state index in [1.165, 1.54) is 32.2 Å². The van der Waals surface area contributed by atoms with Gasteiger partial charge in [0.05, 0.1) is 24.8 Å². The maximum absolute atomic E-state index is 15.6. The van der Waals surface area contributed by atoms with Gasteiger partial charge in [0.1, 0.15) is 5.82 Å². The van der Waals surface area contributed by atoms with Crippen LogP contribution in [0.15, 0.2) is 76.3 Å². The van der Waals surface area contributed by atoms with Crippen LogP contribution in [-0.2, 0) is 24.1 Å². The minimum absolute atomic E-state index is 0.0811. The number of nitrogens with zero attached hydrogens (tertiary/aromatic N) is 2. The highest BCUT2D eigenvalue weighted by Gasteiger charge is 2.35. The van der Waals surface area contributed by atoms with Crippen molar-refractivity contribution in [2.45, 2.75) is 57.8 Å². The average molecular weight is 631 g/mol. The minimum atomic E-state index is -4.94. The minimum Gasteiger partial charge on any atom is -0.494 e. The number of carboxylic acids is 1. The van der Waals surface area contributed by atoms with Gasteiger partial charge in [-0.1, -0.05) is 55.0 Å². The van der Waals surface area contributed by atoms with E-state index >= 15 is 4.39 Å². The fourth-order valence-corrected chi connectivity index (χ4v) is 5.44. The molecule has 0 radical (unpaired) electrons. The van der Waals surface area contributed by atoms with Gasteiger partial charge in [-0.25, -0.2) is 13.6 Å². The van der Waals surface area contributed by atoms with Gasteiger partial charge >= 0.3 is 17.8 Å². The number of hydrogen-bond donors (Lipinski definition) is 1. The Morgan fingerprint density at radius 1 is 0.933 bits per heavy atom. The number of carbonyl (C=O) groups is 1. The molecule has 7 nitrogen and oxygen atoms in total. The zero-order valence-electron chi connectivity index (χ0n) is 24.5. The molecule has 238 valence electrons. The van der Waals surface area contributed by atoms with Crippen LogP contribution < -0.4 is 16.0 Å². The Hall–Kier alpha value is -4.74. The van der Waals surface area contributed by atoms with Crippen molar-refractivity contribution < 1.29 is 36.6 Å². The Morgan fingerprint density at radius 3 is 2.27 bits per heavy atom. The van der Waals surface area contributed by atoms with Crippen molar-refractivity contribution in [1.29, 1.82) is 0 Å². The molecule has 1 N–H and O–H groups in total. The Kier molecular flexibility index (Phi) is 10.3. The molecule has 0 spiro atoms. The number of alkyl halides is 3. The molecule has 0 fully saturated rings. The van der Waals surface area contributed by atoms with Crippen molar-refractivity contribution in [2.24, 2.45) is 0 Å². The number of aromatic nitrogens is 2. The van der Waals surface area contributed by atoms with Crippen molar-refractivity contribution in [2.75, 3.05) is 7.11 Å². The highest BCUT2D eigenvalue weighted by Crippen LogP contribution is 2.34. The first kappa shape index (κ1) is 33.2. The van der Waals surface area contributed by atoms with Crippen LogP contribution in [0.25, 0.3) is 11.1 Å². The van der Waals surface area contributed by atoms with Gasteiger partial charge in [-0.15, -0.1) is 0 Å². The number of carboxylic acid groups (broad SMARTS) is 1. The quantitative estimate of drug-likeness (QED) is 0.138. The zero-order valence-corrected chi connectivity index (χ0v) is 24.5. The summed E-state index contributed by atoms with van der Waals surface area (Å²) in [5, 5.41) is 9.04. The highest BCUT2D eigenvalue weighted by atomic mass is 19.4. The van der Waals surface area contributed by atoms with E-state index in [0.29, 0.717) is 25.3 Å². The van der Waals surface area contributed by atoms with Crippen LogP contribution in [0.5, 0.6) is 5.75 Å². The summed E-state index contributed by atoms with van der Waals surface area (Å²) in [5.74, 6) is -3.80. The van der Waals surface area contributed by atoms with Gasteiger partial charge in [0, 0.05) is 35.7 Å². The third-order valence-corrected chi connectivity index (χ3v) is 7.75. The lowest BCUT2D eigenvalue weighted by Crippen LogP contribution is -2.43. The summed E-state index contributed by atoms with van der Waals surface area (Å²) in [5.41, 5.74) is -3.98. The summed E-state index contributed by atoms with van der Waals surface area (Å²) in [7, 11) is 1.22. The van der Waals surface area contributed by atoms with Crippen molar-refractivity contribution in [1.82, 2.24) is 9.13 Å². The van der Waals surface area contributed by atoms with Gasteiger partial charge in [0.15, 0.2) is 11.6 Å². The summed E-state index contributed by atoms with van der Waals surface area (Å²) >= 11 is 0. The first-order valence-corrected chi connectivity index (χ1v) is 14.1. The number of hydrogen-bond acceptors (Lipinski definition) is 4. The van der Waals surface area contributed by atoms with E-state index in [-0.39, 0.29) is 35.5 Å². The van der Waals surface area contributed by atoms with Crippen LogP contribution >= 0.6 is 0 Å². The molecular weight excluding hydrogens is 599 g/mol. The standard InChI is InChI=1S/C33H31F5N2O5/c1-20-29(23-13-8-16-27(45-2)30(23)35)31(43)40(18-22(12-6-7-17-28(41)42)21-10-4-3-5-11-21)32(44)39(20)19-24-25(33(36,37)38)14-9-15-26(24)34/h3-5,8-11,13-16,22H,6-7,12,17-19H2,1-2H3,(H,41,42)/t22-/m0/s1. The normalized spacial score (nSPS) is 12.2. The van der Waals surface area contributed by atoms with Crippen molar-refractivity contribution in [3.05, 3.63) is 122 Å². The Morgan fingerprint density at radius 2 is 1.62 bits per heavy atom. The number of halogens is 5. The van der Waals surface area contributed by atoms with E-state index in [1.807, 2.05) is 0 Å². The lowest BCUT2D eigenvalue weighted by molar-refractivity contribution is -0.139. The first-order valence-electron chi connectivity index (χ1n) is 14.1. The van der Waals surface area contributed by atoms with Crippen molar-refractivity contribution in [3.8, 4) is 16.9 Å². The molecule has 0 aliphatic rings.